The van der Waals surface area contributed by atoms with Gasteiger partial charge in [-0.2, -0.15) is 0 Å². The second kappa shape index (κ2) is 9.38. The molecule has 44 heavy (non-hydrogen) atoms. The summed E-state index contributed by atoms with van der Waals surface area (Å²) in [6, 6.07) is 46.7. The topological polar surface area (TPSA) is 24.9 Å². The van der Waals surface area contributed by atoms with Gasteiger partial charge in [0.25, 0.3) is 0 Å². The number of rotatable bonds is 2. The van der Waals surface area contributed by atoms with Crippen LogP contribution in [-0.4, -0.2) is 0 Å². The minimum atomic E-state index is 0.858. The van der Waals surface area contributed by atoms with Crippen LogP contribution in [0.15, 0.2) is 133 Å². The summed E-state index contributed by atoms with van der Waals surface area (Å²) in [5.74, 6) is 3.43. The normalized spacial score (nSPS) is 13.0. The Kier molecular flexibility index (Phi) is 5.29. The van der Waals surface area contributed by atoms with E-state index >= 15 is 0 Å². The van der Waals surface area contributed by atoms with Gasteiger partial charge in [0.15, 0.2) is 23.0 Å². The van der Waals surface area contributed by atoms with E-state index in [4.69, 9.17) is 9.47 Å². The van der Waals surface area contributed by atoms with Gasteiger partial charge in [0.2, 0.25) is 0 Å². The summed E-state index contributed by atoms with van der Waals surface area (Å²) in [6.07, 6.45) is 0. The molecule has 4 heteroatoms. The molecule has 7 aromatic carbocycles. The summed E-state index contributed by atoms with van der Waals surface area (Å²) >= 11 is 0. The molecule has 0 bridgehead atoms. The van der Waals surface area contributed by atoms with Crippen LogP contribution in [0.25, 0.3) is 21.5 Å². The van der Waals surface area contributed by atoms with Crippen LogP contribution in [0.4, 0.5) is 34.1 Å². The van der Waals surface area contributed by atoms with E-state index in [1.54, 1.807) is 0 Å². The van der Waals surface area contributed by atoms with Gasteiger partial charge in [-0.3, -0.25) is 0 Å². The third-order valence-electron chi connectivity index (χ3n) is 9.00. The van der Waals surface area contributed by atoms with Crippen molar-refractivity contribution in [2.24, 2.45) is 0 Å². The molecule has 210 valence electrons. The van der Waals surface area contributed by atoms with Crippen LogP contribution < -0.4 is 19.3 Å². The molecule has 0 atom stereocenters. The smallest absolute Gasteiger partial charge is 0.151 e. The molecule has 0 fully saturated rings. The first-order valence-corrected chi connectivity index (χ1v) is 14.9. The number of fused-ring (bicyclic) bond motifs is 6. The molecule has 2 aliphatic heterocycles. The number of hydrogen-bond acceptors (Lipinski definition) is 4. The van der Waals surface area contributed by atoms with Gasteiger partial charge < -0.3 is 19.3 Å². The fraction of sp³-hybridized carbons (Fsp3) is 0.0500. The molecule has 0 aliphatic carbocycles. The number of para-hydroxylation sites is 8. The third-order valence-corrected chi connectivity index (χ3v) is 9.00. The maximum Gasteiger partial charge on any atom is 0.151 e. The molecule has 9 rings (SSSR count). The molecule has 0 amide bonds. The molecular formula is C40H28N2O2. The highest BCUT2D eigenvalue weighted by molar-refractivity contribution is 6.08. The highest BCUT2D eigenvalue weighted by Crippen LogP contribution is 2.52. The molecule has 0 radical (unpaired) electrons. The van der Waals surface area contributed by atoms with Gasteiger partial charge in [0.05, 0.1) is 22.7 Å². The lowest BCUT2D eigenvalue weighted by Crippen LogP contribution is -2.15. The van der Waals surface area contributed by atoms with Crippen molar-refractivity contribution in [1.82, 2.24) is 0 Å². The summed E-state index contributed by atoms with van der Waals surface area (Å²) < 4.78 is 12.5. The second-order valence-electron chi connectivity index (χ2n) is 11.5. The zero-order valence-corrected chi connectivity index (χ0v) is 24.4. The Hall–Kier alpha value is -5.74. The van der Waals surface area contributed by atoms with Crippen molar-refractivity contribution < 1.29 is 9.47 Å². The second-order valence-corrected chi connectivity index (χ2v) is 11.5. The number of ether oxygens (including phenoxy) is 2. The number of benzene rings is 7. The maximum absolute atomic E-state index is 6.27. The number of nitrogens with zero attached hydrogens (tertiary/aromatic N) is 2. The predicted molar refractivity (Wildman–Crippen MR) is 180 cm³/mol. The van der Waals surface area contributed by atoms with E-state index in [1.807, 2.05) is 48.5 Å². The van der Waals surface area contributed by atoms with Crippen LogP contribution in [-0.2, 0) is 0 Å². The Morgan fingerprint density at radius 1 is 0.364 bits per heavy atom. The monoisotopic (exact) mass is 568 g/mol. The van der Waals surface area contributed by atoms with Gasteiger partial charge in [-0.25, -0.2) is 0 Å². The van der Waals surface area contributed by atoms with Gasteiger partial charge in [-0.05, 0) is 119 Å². The minimum Gasteiger partial charge on any atom is -0.453 e. The molecule has 0 saturated heterocycles. The van der Waals surface area contributed by atoms with E-state index in [2.05, 4.69) is 109 Å². The summed E-state index contributed by atoms with van der Waals surface area (Å²) in [5.41, 5.74) is 8.92. The van der Waals surface area contributed by atoms with Crippen molar-refractivity contribution >= 4 is 55.7 Å². The van der Waals surface area contributed by atoms with Crippen LogP contribution in [0.5, 0.6) is 23.0 Å². The Labute approximate surface area is 255 Å². The van der Waals surface area contributed by atoms with E-state index in [9.17, 15) is 0 Å². The SMILES string of the molecule is Cc1c2ccc(N3c4ccccc4Oc4ccccc43)cc2c(C)c2ccc(N3c4ccccc4Oc4ccccc43)cc12. The summed E-state index contributed by atoms with van der Waals surface area (Å²) in [6.45, 7) is 4.49. The molecule has 0 unspecified atom stereocenters. The number of aryl methyl sites for hydroxylation is 2. The Balaban J connectivity index is 1.22. The van der Waals surface area contributed by atoms with Gasteiger partial charge in [-0.1, -0.05) is 60.7 Å². The molecule has 7 aromatic rings. The van der Waals surface area contributed by atoms with Crippen LogP contribution in [0.3, 0.4) is 0 Å². The van der Waals surface area contributed by atoms with Gasteiger partial charge in [-0.15, -0.1) is 0 Å². The summed E-state index contributed by atoms with van der Waals surface area (Å²) in [7, 11) is 0. The van der Waals surface area contributed by atoms with E-state index in [0.717, 1.165) is 57.1 Å². The minimum absolute atomic E-state index is 0.858. The standard InChI is InChI=1S/C40H28N2O2/c1-25-29-21-19-28(42-35-13-5-9-17-39(35)44-40-18-10-6-14-36(40)42)24-32(29)26(2)30-22-20-27(23-31(25)30)41-33-11-3-7-15-37(33)43-38-16-8-4-12-34(38)41/h3-24H,1-2H3. The van der Waals surface area contributed by atoms with Crippen molar-refractivity contribution in [2.75, 3.05) is 9.80 Å². The van der Waals surface area contributed by atoms with E-state index < -0.39 is 0 Å². The largest absolute Gasteiger partial charge is 0.453 e. The van der Waals surface area contributed by atoms with Gasteiger partial charge in [0.1, 0.15) is 0 Å². The molecular weight excluding hydrogens is 540 g/mol. The molecule has 0 saturated carbocycles. The zero-order valence-electron chi connectivity index (χ0n) is 24.4. The maximum atomic E-state index is 6.27. The van der Waals surface area contributed by atoms with Crippen LogP contribution in [0, 0.1) is 13.8 Å². The van der Waals surface area contributed by atoms with Gasteiger partial charge >= 0.3 is 0 Å². The predicted octanol–water partition coefficient (Wildman–Crippen LogP) is 11.8. The molecule has 0 N–H and O–H groups in total. The Morgan fingerprint density at radius 2 is 0.682 bits per heavy atom. The first kappa shape index (κ1) is 24.8. The molecule has 2 heterocycles. The van der Waals surface area contributed by atoms with Crippen LogP contribution >= 0.6 is 0 Å². The van der Waals surface area contributed by atoms with Crippen molar-refractivity contribution in [3.8, 4) is 23.0 Å². The van der Waals surface area contributed by atoms with Crippen molar-refractivity contribution in [1.29, 1.82) is 0 Å². The fourth-order valence-corrected chi connectivity index (χ4v) is 6.87. The summed E-state index contributed by atoms with van der Waals surface area (Å²) in [5, 5.41) is 5.02. The van der Waals surface area contributed by atoms with E-state index in [0.29, 0.717) is 0 Å². The highest BCUT2D eigenvalue weighted by atomic mass is 16.5. The number of hydrogen-bond donors (Lipinski definition) is 0. The zero-order chi connectivity index (χ0) is 29.4. The first-order chi connectivity index (χ1) is 21.7. The Morgan fingerprint density at radius 3 is 1.02 bits per heavy atom. The lowest BCUT2D eigenvalue weighted by Gasteiger charge is -2.33. The number of anilines is 6. The summed E-state index contributed by atoms with van der Waals surface area (Å²) in [4.78, 5) is 4.62. The lowest BCUT2D eigenvalue weighted by molar-refractivity contribution is 0.477. The molecule has 2 aliphatic rings. The molecule has 0 aromatic heterocycles. The quantitative estimate of drug-likeness (QED) is 0.194. The first-order valence-electron chi connectivity index (χ1n) is 14.9. The van der Waals surface area contributed by atoms with Crippen molar-refractivity contribution in [3.63, 3.8) is 0 Å². The molecule has 0 spiro atoms. The molecule has 4 nitrogen and oxygen atoms in total. The average molecular weight is 569 g/mol. The van der Waals surface area contributed by atoms with Crippen molar-refractivity contribution in [3.05, 3.63) is 145 Å². The average Bonchev–Trinajstić information content (AvgIpc) is 3.08. The van der Waals surface area contributed by atoms with Crippen molar-refractivity contribution in [2.45, 2.75) is 13.8 Å². The Bertz CT molecular complexity index is 2040. The van der Waals surface area contributed by atoms with Gasteiger partial charge in [0, 0.05) is 11.4 Å². The third kappa shape index (κ3) is 3.58. The fourth-order valence-electron chi connectivity index (χ4n) is 6.87. The van der Waals surface area contributed by atoms with E-state index in [1.165, 1.54) is 32.7 Å². The lowest BCUT2D eigenvalue weighted by atomic mass is 9.92. The highest BCUT2D eigenvalue weighted by Gasteiger charge is 2.27. The van der Waals surface area contributed by atoms with Crippen LogP contribution in [0.2, 0.25) is 0 Å². The van der Waals surface area contributed by atoms with Crippen LogP contribution in [0.1, 0.15) is 11.1 Å². The van der Waals surface area contributed by atoms with E-state index in [-0.39, 0.29) is 0 Å².